The van der Waals surface area contributed by atoms with Gasteiger partial charge in [-0.2, -0.15) is 0 Å². The SMILES string of the molecule is COC(=O)/C=C(\C)Nc1ccccc1SC. The zero-order valence-electron chi connectivity index (χ0n) is 9.61. The van der Waals surface area contributed by atoms with Crippen molar-refractivity contribution in [2.75, 3.05) is 18.7 Å². The summed E-state index contributed by atoms with van der Waals surface area (Å²) in [4.78, 5) is 12.2. The molecule has 0 radical (unpaired) electrons. The van der Waals surface area contributed by atoms with E-state index in [2.05, 4.69) is 10.1 Å². The van der Waals surface area contributed by atoms with Crippen LogP contribution in [0.25, 0.3) is 0 Å². The monoisotopic (exact) mass is 237 g/mol. The summed E-state index contributed by atoms with van der Waals surface area (Å²) in [6.07, 6.45) is 3.44. The molecule has 1 rings (SSSR count). The number of methoxy groups -OCH3 is 1. The van der Waals surface area contributed by atoms with Crippen molar-refractivity contribution < 1.29 is 9.53 Å². The lowest BCUT2D eigenvalue weighted by Crippen LogP contribution is -2.02. The van der Waals surface area contributed by atoms with Gasteiger partial charge in [0.25, 0.3) is 0 Å². The molecule has 1 aromatic rings. The lowest BCUT2D eigenvalue weighted by molar-refractivity contribution is -0.134. The summed E-state index contributed by atoms with van der Waals surface area (Å²) in [6.45, 7) is 1.83. The minimum absolute atomic E-state index is 0.355. The summed E-state index contributed by atoms with van der Waals surface area (Å²) in [6, 6.07) is 7.93. The number of carbonyl (C=O) groups is 1. The first-order valence-electron chi connectivity index (χ1n) is 4.83. The number of benzene rings is 1. The van der Waals surface area contributed by atoms with Crippen molar-refractivity contribution >= 4 is 23.4 Å². The predicted molar refractivity (Wildman–Crippen MR) is 67.6 cm³/mol. The van der Waals surface area contributed by atoms with Crippen LogP contribution in [-0.4, -0.2) is 19.3 Å². The lowest BCUT2D eigenvalue weighted by Gasteiger charge is -2.10. The second kappa shape index (κ2) is 6.23. The van der Waals surface area contributed by atoms with E-state index in [4.69, 9.17) is 0 Å². The predicted octanol–water partition coefficient (Wildman–Crippen LogP) is 2.90. The molecular formula is C12H15NO2S. The molecule has 0 aliphatic heterocycles. The minimum atomic E-state index is -0.355. The second-order valence-corrected chi connectivity index (χ2v) is 4.02. The zero-order valence-corrected chi connectivity index (χ0v) is 10.4. The Morgan fingerprint density at radius 3 is 2.75 bits per heavy atom. The van der Waals surface area contributed by atoms with E-state index in [1.54, 1.807) is 11.8 Å². The van der Waals surface area contributed by atoms with Gasteiger partial charge in [0.15, 0.2) is 0 Å². The first kappa shape index (κ1) is 12.6. The van der Waals surface area contributed by atoms with Gasteiger partial charge in [0, 0.05) is 16.7 Å². The molecule has 0 spiro atoms. The number of hydrogen-bond acceptors (Lipinski definition) is 4. The molecule has 86 valence electrons. The Bertz CT molecular complexity index is 402. The van der Waals surface area contributed by atoms with Crippen LogP contribution in [0.2, 0.25) is 0 Å². The van der Waals surface area contributed by atoms with Crippen molar-refractivity contribution in [2.24, 2.45) is 0 Å². The van der Waals surface area contributed by atoms with E-state index in [-0.39, 0.29) is 5.97 Å². The van der Waals surface area contributed by atoms with Crippen molar-refractivity contribution in [1.29, 1.82) is 0 Å². The summed E-state index contributed by atoms with van der Waals surface area (Å²) in [5.41, 5.74) is 1.75. The normalized spacial score (nSPS) is 11.1. The molecule has 0 aliphatic carbocycles. The summed E-state index contributed by atoms with van der Waals surface area (Å²) in [5, 5.41) is 3.17. The molecule has 3 nitrogen and oxygen atoms in total. The summed E-state index contributed by atoms with van der Waals surface area (Å²) >= 11 is 1.66. The van der Waals surface area contributed by atoms with Gasteiger partial charge in [-0.3, -0.25) is 0 Å². The maximum Gasteiger partial charge on any atom is 0.332 e. The van der Waals surface area contributed by atoms with Crippen LogP contribution in [0.5, 0.6) is 0 Å². The molecule has 0 aromatic heterocycles. The average molecular weight is 237 g/mol. The van der Waals surface area contributed by atoms with E-state index in [0.717, 1.165) is 16.3 Å². The number of thioether (sulfide) groups is 1. The molecule has 0 fully saturated rings. The van der Waals surface area contributed by atoms with Gasteiger partial charge in [-0.1, -0.05) is 12.1 Å². The van der Waals surface area contributed by atoms with E-state index in [1.807, 2.05) is 37.4 Å². The Morgan fingerprint density at radius 1 is 1.44 bits per heavy atom. The van der Waals surface area contributed by atoms with Crippen LogP contribution in [-0.2, 0) is 9.53 Å². The van der Waals surface area contributed by atoms with Crippen molar-refractivity contribution in [3.63, 3.8) is 0 Å². The van der Waals surface area contributed by atoms with E-state index < -0.39 is 0 Å². The smallest absolute Gasteiger partial charge is 0.332 e. The number of hydrogen-bond donors (Lipinski definition) is 1. The Labute approximate surface area is 99.9 Å². The van der Waals surface area contributed by atoms with Crippen LogP contribution in [0, 0.1) is 0 Å². The Kier molecular flexibility index (Phi) is 4.92. The highest BCUT2D eigenvalue weighted by Gasteiger charge is 2.01. The number of nitrogens with one attached hydrogen (secondary N) is 1. The molecule has 4 heteroatoms. The molecule has 0 saturated heterocycles. The summed E-state index contributed by atoms with van der Waals surface area (Å²) in [7, 11) is 1.36. The fourth-order valence-corrected chi connectivity index (χ4v) is 1.79. The molecule has 0 aliphatic rings. The summed E-state index contributed by atoms with van der Waals surface area (Å²) in [5.74, 6) is -0.355. The number of para-hydroxylation sites is 1. The zero-order chi connectivity index (χ0) is 12.0. The highest BCUT2D eigenvalue weighted by molar-refractivity contribution is 7.98. The van der Waals surface area contributed by atoms with Crippen molar-refractivity contribution in [2.45, 2.75) is 11.8 Å². The Balaban J connectivity index is 2.80. The Hall–Kier alpha value is -1.42. The first-order valence-corrected chi connectivity index (χ1v) is 6.06. The first-order chi connectivity index (χ1) is 7.67. The third-order valence-electron chi connectivity index (χ3n) is 1.97. The number of rotatable bonds is 4. The highest BCUT2D eigenvalue weighted by Crippen LogP contribution is 2.25. The number of allylic oxidation sites excluding steroid dienone is 1. The maximum atomic E-state index is 11.0. The third kappa shape index (κ3) is 3.62. The second-order valence-electron chi connectivity index (χ2n) is 3.18. The quantitative estimate of drug-likeness (QED) is 0.496. The summed E-state index contributed by atoms with van der Waals surface area (Å²) < 4.78 is 4.55. The van der Waals surface area contributed by atoms with Gasteiger partial charge in [-0.15, -0.1) is 11.8 Å². The maximum absolute atomic E-state index is 11.0. The van der Waals surface area contributed by atoms with Crippen molar-refractivity contribution in [1.82, 2.24) is 0 Å². The fourth-order valence-electron chi connectivity index (χ4n) is 1.23. The molecule has 0 amide bonds. The fraction of sp³-hybridized carbons (Fsp3) is 0.250. The average Bonchev–Trinajstić information content (AvgIpc) is 2.29. The molecule has 0 unspecified atom stereocenters. The van der Waals surface area contributed by atoms with Crippen molar-refractivity contribution in [3.8, 4) is 0 Å². The molecule has 0 heterocycles. The number of ether oxygens (including phenoxy) is 1. The van der Waals surface area contributed by atoms with Gasteiger partial charge in [0.2, 0.25) is 0 Å². The van der Waals surface area contributed by atoms with Crippen LogP contribution >= 0.6 is 11.8 Å². The molecule has 16 heavy (non-hydrogen) atoms. The van der Waals surface area contributed by atoms with Gasteiger partial charge in [-0.05, 0) is 25.3 Å². The molecule has 0 atom stereocenters. The molecule has 1 aromatic carbocycles. The van der Waals surface area contributed by atoms with E-state index in [0.29, 0.717) is 0 Å². The third-order valence-corrected chi connectivity index (χ3v) is 2.77. The largest absolute Gasteiger partial charge is 0.466 e. The van der Waals surface area contributed by atoms with Crippen LogP contribution < -0.4 is 5.32 Å². The molecule has 0 saturated carbocycles. The van der Waals surface area contributed by atoms with E-state index >= 15 is 0 Å². The standard InChI is InChI=1S/C12H15NO2S/c1-9(8-12(14)15-2)13-10-6-4-5-7-11(10)16-3/h4-8,13H,1-3H3/b9-8+. The van der Waals surface area contributed by atoms with Crippen LogP contribution in [0.1, 0.15) is 6.92 Å². The van der Waals surface area contributed by atoms with Gasteiger partial charge >= 0.3 is 5.97 Å². The minimum Gasteiger partial charge on any atom is -0.466 e. The van der Waals surface area contributed by atoms with Gasteiger partial charge in [0.05, 0.1) is 12.8 Å². The van der Waals surface area contributed by atoms with Gasteiger partial charge in [0.1, 0.15) is 0 Å². The molecule has 0 bridgehead atoms. The van der Waals surface area contributed by atoms with E-state index in [9.17, 15) is 4.79 Å². The number of carbonyl (C=O) groups excluding carboxylic acids is 1. The number of anilines is 1. The Morgan fingerprint density at radius 2 is 2.12 bits per heavy atom. The lowest BCUT2D eigenvalue weighted by atomic mass is 10.3. The van der Waals surface area contributed by atoms with Crippen LogP contribution in [0.15, 0.2) is 40.9 Å². The highest BCUT2D eigenvalue weighted by atomic mass is 32.2. The van der Waals surface area contributed by atoms with E-state index in [1.165, 1.54) is 13.2 Å². The van der Waals surface area contributed by atoms with Crippen molar-refractivity contribution in [3.05, 3.63) is 36.0 Å². The van der Waals surface area contributed by atoms with Gasteiger partial charge in [-0.25, -0.2) is 4.79 Å². The van der Waals surface area contributed by atoms with Crippen LogP contribution in [0.4, 0.5) is 5.69 Å². The molecular weight excluding hydrogens is 222 g/mol. The van der Waals surface area contributed by atoms with Gasteiger partial charge < -0.3 is 10.1 Å². The topological polar surface area (TPSA) is 38.3 Å². The number of esters is 1. The van der Waals surface area contributed by atoms with Crippen LogP contribution in [0.3, 0.4) is 0 Å². The molecule has 1 N–H and O–H groups in total.